The third kappa shape index (κ3) is 5.77. The van der Waals surface area contributed by atoms with E-state index in [0.29, 0.717) is 27.0 Å². The quantitative estimate of drug-likeness (QED) is 0.502. The van der Waals surface area contributed by atoms with Gasteiger partial charge in [0.15, 0.2) is 0 Å². The molecule has 3 aromatic rings. The summed E-state index contributed by atoms with van der Waals surface area (Å²) < 4.78 is 32.8. The van der Waals surface area contributed by atoms with Gasteiger partial charge in [-0.15, -0.1) is 0 Å². The number of anilines is 1. The molecule has 0 fully saturated rings. The number of hydrogen-bond donors (Lipinski definition) is 1. The molecule has 0 aromatic heterocycles. The van der Waals surface area contributed by atoms with Crippen LogP contribution in [0.3, 0.4) is 0 Å². The molecule has 0 saturated carbocycles. The summed E-state index contributed by atoms with van der Waals surface area (Å²) in [5.74, 6) is -0.0399. The molecule has 0 aliphatic carbocycles. The second-order valence-corrected chi connectivity index (χ2v) is 9.34. The lowest BCUT2D eigenvalue weighted by Gasteiger charge is -2.22. The van der Waals surface area contributed by atoms with Gasteiger partial charge in [0, 0.05) is 6.54 Å². The van der Waals surface area contributed by atoms with Gasteiger partial charge < -0.3 is 10.1 Å². The first-order chi connectivity index (χ1) is 14.8. The van der Waals surface area contributed by atoms with Gasteiger partial charge in [-0.2, -0.15) is 4.31 Å². The Morgan fingerprint density at radius 3 is 2.32 bits per heavy atom. The second-order valence-electron chi connectivity index (χ2n) is 6.58. The first-order valence-electron chi connectivity index (χ1n) is 9.23. The highest BCUT2D eigenvalue weighted by Gasteiger charge is 2.27. The van der Waals surface area contributed by atoms with Crippen LogP contribution in [0, 0.1) is 0 Å². The number of halogens is 2. The van der Waals surface area contributed by atoms with Crippen molar-refractivity contribution < 1.29 is 17.9 Å². The van der Waals surface area contributed by atoms with Gasteiger partial charge in [-0.25, -0.2) is 8.42 Å². The minimum Gasteiger partial charge on any atom is -0.495 e. The third-order valence-corrected chi connectivity index (χ3v) is 6.97. The van der Waals surface area contributed by atoms with Gasteiger partial charge in [-0.3, -0.25) is 4.79 Å². The Labute approximate surface area is 191 Å². The fourth-order valence-electron chi connectivity index (χ4n) is 2.91. The van der Waals surface area contributed by atoms with E-state index in [1.165, 1.54) is 19.2 Å². The third-order valence-electron chi connectivity index (χ3n) is 4.42. The zero-order chi connectivity index (χ0) is 22.4. The number of sulfonamides is 1. The van der Waals surface area contributed by atoms with Crippen LogP contribution < -0.4 is 10.1 Å². The van der Waals surface area contributed by atoms with E-state index in [4.69, 9.17) is 27.9 Å². The number of ether oxygens (including phenoxy) is 1. The second kappa shape index (κ2) is 10.2. The highest BCUT2D eigenvalue weighted by atomic mass is 35.5. The molecular weight excluding hydrogens is 459 g/mol. The average Bonchev–Trinajstić information content (AvgIpc) is 2.76. The number of para-hydroxylation sites is 2. The minimum absolute atomic E-state index is 0.0620. The molecule has 31 heavy (non-hydrogen) atoms. The summed E-state index contributed by atoms with van der Waals surface area (Å²) in [7, 11) is -2.47. The van der Waals surface area contributed by atoms with E-state index in [1.54, 1.807) is 60.7 Å². The summed E-state index contributed by atoms with van der Waals surface area (Å²) in [5.41, 5.74) is 1.04. The predicted molar refractivity (Wildman–Crippen MR) is 122 cm³/mol. The van der Waals surface area contributed by atoms with Gasteiger partial charge in [0.05, 0.1) is 34.3 Å². The smallest absolute Gasteiger partial charge is 0.243 e. The average molecular weight is 479 g/mol. The van der Waals surface area contributed by atoms with Crippen molar-refractivity contribution in [1.82, 2.24) is 4.31 Å². The molecular formula is C22H20Cl2N2O4S. The summed E-state index contributed by atoms with van der Waals surface area (Å²) in [6.07, 6.45) is 0. The van der Waals surface area contributed by atoms with Crippen LogP contribution in [0.5, 0.6) is 5.75 Å². The maximum Gasteiger partial charge on any atom is 0.243 e. The van der Waals surface area contributed by atoms with Gasteiger partial charge >= 0.3 is 0 Å². The Morgan fingerprint density at radius 2 is 1.65 bits per heavy atom. The van der Waals surface area contributed by atoms with Gasteiger partial charge in [-0.05, 0) is 42.0 Å². The van der Waals surface area contributed by atoms with Crippen LogP contribution >= 0.6 is 23.2 Å². The highest BCUT2D eigenvalue weighted by Crippen LogP contribution is 2.26. The van der Waals surface area contributed by atoms with Crippen molar-refractivity contribution >= 4 is 44.8 Å². The van der Waals surface area contributed by atoms with Crippen LogP contribution in [-0.2, 0) is 21.4 Å². The highest BCUT2D eigenvalue weighted by molar-refractivity contribution is 7.89. The lowest BCUT2D eigenvalue weighted by Crippen LogP contribution is -2.37. The number of methoxy groups -OCH3 is 1. The largest absolute Gasteiger partial charge is 0.495 e. The number of nitrogens with one attached hydrogen (secondary N) is 1. The van der Waals surface area contributed by atoms with Crippen molar-refractivity contribution in [2.45, 2.75) is 11.4 Å². The van der Waals surface area contributed by atoms with Gasteiger partial charge in [0.25, 0.3) is 0 Å². The van der Waals surface area contributed by atoms with Gasteiger partial charge in [0.1, 0.15) is 5.75 Å². The molecule has 0 radical (unpaired) electrons. The maximum atomic E-state index is 13.3. The molecule has 3 rings (SSSR count). The van der Waals surface area contributed by atoms with Crippen molar-refractivity contribution in [2.24, 2.45) is 0 Å². The molecule has 9 heteroatoms. The molecule has 6 nitrogen and oxygen atoms in total. The van der Waals surface area contributed by atoms with E-state index in [2.05, 4.69) is 5.32 Å². The molecule has 0 atom stereocenters. The summed E-state index contributed by atoms with van der Waals surface area (Å²) in [5, 5.41) is 3.36. The predicted octanol–water partition coefficient (Wildman–Crippen LogP) is 4.83. The van der Waals surface area contributed by atoms with Crippen molar-refractivity contribution in [1.29, 1.82) is 0 Å². The Hall–Kier alpha value is -2.58. The van der Waals surface area contributed by atoms with Gasteiger partial charge in [-0.1, -0.05) is 59.6 Å². The Bertz CT molecular complexity index is 1170. The normalized spacial score (nSPS) is 11.4. The number of amides is 1. The lowest BCUT2D eigenvalue weighted by atomic mass is 10.2. The summed E-state index contributed by atoms with van der Waals surface area (Å²) >= 11 is 12.0. The zero-order valence-corrected chi connectivity index (χ0v) is 18.9. The summed E-state index contributed by atoms with van der Waals surface area (Å²) in [6.45, 7) is -0.469. The molecule has 3 aromatic carbocycles. The van der Waals surface area contributed by atoms with Crippen molar-refractivity contribution in [3.63, 3.8) is 0 Å². The molecule has 0 bridgehead atoms. The van der Waals surface area contributed by atoms with Crippen LogP contribution in [0.25, 0.3) is 0 Å². The Balaban J connectivity index is 1.89. The number of hydrogen-bond acceptors (Lipinski definition) is 4. The number of nitrogens with zero attached hydrogens (tertiary/aromatic N) is 1. The SMILES string of the molecule is COc1ccccc1NC(=O)CN(Cc1ccc(Cl)c(Cl)c1)S(=O)(=O)c1ccccc1. The Morgan fingerprint density at radius 1 is 0.968 bits per heavy atom. The number of rotatable bonds is 8. The van der Waals surface area contributed by atoms with Crippen LogP contribution in [0.15, 0.2) is 77.7 Å². The van der Waals surface area contributed by atoms with Crippen molar-refractivity contribution in [3.05, 3.63) is 88.4 Å². The molecule has 1 amide bonds. The number of carbonyl (C=O) groups is 1. The van der Waals surface area contributed by atoms with E-state index >= 15 is 0 Å². The van der Waals surface area contributed by atoms with Gasteiger partial charge in [0.2, 0.25) is 15.9 Å². The fraction of sp³-hybridized carbons (Fsp3) is 0.136. The number of benzene rings is 3. The van der Waals surface area contributed by atoms with Crippen LogP contribution in [0.1, 0.15) is 5.56 Å². The topological polar surface area (TPSA) is 75.7 Å². The molecule has 0 spiro atoms. The zero-order valence-electron chi connectivity index (χ0n) is 16.6. The lowest BCUT2D eigenvalue weighted by molar-refractivity contribution is -0.116. The molecule has 1 N–H and O–H groups in total. The molecule has 0 heterocycles. The van der Waals surface area contributed by atoms with Crippen molar-refractivity contribution in [2.75, 3.05) is 19.0 Å². The molecule has 0 aliphatic heterocycles. The number of carbonyl (C=O) groups excluding carboxylic acids is 1. The fourth-order valence-corrected chi connectivity index (χ4v) is 4.63. The van der Waals surface area contributed by atoms with Crippen molar-refractivity contribution in [3.8, 4) is 5.75 Å². The first kappa shape index (κ1) is 23.1. The van der Waals surface area contributed by atoms with Crippen LogP contribution in [-0.4, -0.2) is 32.3 Å². The monoisotopic (exact) mass is 478 g/mol. The van der Waals surface area contributed by atoms with E-state index < -0.39 is 22.5 Å². The molecule has 0 aliphatic rings. The summed E-state index contributed by atoms with van der Waals surface area (Å²) in [6, 6.07) is 19.6. The summed E-state index contributed by atoms with van der Waals surface area (Å²) in [4.78, 5) is 12.8. The molecule has 0 saturated heterocycles. The van der Waals surface area contributed by atoms with E-state index in [1.807, 2.05) is 0 Å². The molecule has 0 unspecified atom stereocenters. The van der Waals surface area contributed by atoms with E-state index in [-0.39, 0.29) is 11.4 Å². The van der Waals surface area contributed by atoms with Crippen LogP contribution in [0.4, 0.5) is 5.69 Å². The molecule has 162 valence electrons. The first-order valence-corrected chi connectivity index (χ1v) is 11.4. The van der Waals surface area contributed by atoms with E-state index in [0.717, 1.165) is 4.31 Å². The minimum atomic E-state index is -3.96. The van der Waals surface area contributed by atoms with E-state index in [9.17, 15) is 13.2 Å². The maximum absolute atomic E-state index is 13.3. The van der Waals surface area contributed by atoms with Crippen LogP contribution in [0.2, 0.25) is 10.0 Å². The standard InChI is InChI=1S/C22H20Cl2N2O4S/c1-30-21-10-6-5-9-20(21)25-22(27)15-26(14-16-11-12-18(23)19(24)13-16)31(28,29)17-7-3-2-4-8-17/h2-13H,14-15H2,1H3,(H,25,27). The Kier molecular flexibility index (Phi) is 7.56.